The quantitative estimate of drug-likeness (QED) is 0.354. The van der Waals surface area contributed by atoms with Gasteiger partial charge in [0, 0.05) is 31.7 Å². The number of aromatic nitrogens is 3. The number of imidazole rings is 1. The third-order valence-electron chi connectivity index (χ3n) is 7.00. The number of hydrogen-bond acceptors (Lipinski definition) is 4. The second-order valence-electron chi connectivity index (χ2n) is 9.92. The lowest BCUT2D eigenvalue weighted by molar-refractivity contribution is -0.143. The Labute approximate surface area is 204 Å². The maximum atomic E-state index is 13.2. The van der Waals surface area contributed by atoms with Gasteiger partial charge in [0.15, 0.2) is 5.65 Å². The van der Waals surface area contributed by atoms with Crippen molar-refractivity contribution in [2.24, 2.45) is 18.9 Å². The molecular formula is C25H27F6N5. The van der Waals surface area contributed by atoms with Gasteiger partial charge in [-0.2, -0.15) is 26.3 Å². The third kappa shape index (κ3) is 5.30. The molecule has 0 radical (unpaired) electrons. The van der Waals surface area contributed by atoms with Crippen LogP contribution >= 0.6 is 0 Å². The Kier molecular flexibility index (Phi) is 6.17. The molecule has 0 unspecified atom stereocenters. The topological polar surface area (TPSA) is 54.8 Å². The Balaban J connectivity index is 1.40. The minimum absolute atomic E-state index is 0.0942. The summed E-state index contributed by atoms with van der Waals surface area (Å²) in [5.74, 6) is 2.69. The molecule has 0 saturated heterocycles. The number of nitrogens with one attached hydrogen (secondary N) is 2. The van der Waals surface area contributed by atoms with Crippen molar-refractivity contribution in [3.8, 4) is 0 Å². The lowest BCUT2D eigenvalue weighted by Gasteiger charge is -2.21. The van der Waals surface area contributed by atoms with Crippen molar-refractivity contribution in [2.75, 3.05) is 5.32 Å². The number of alkyl halides is 6. The monoisotopic (exact) mass is 511 g/mol. The number of anilines is 1. The Morgan fingerprint density at radius 1 is 0.889 bits per heavy atom. The van der Waals surface area contributed by atoms with Gasteiger partial charge in [0.05, 0.1) is 11.1 Å². The molecule has 2 saturated carbocycles. The van der Waals surface area contributed by atoms with Crippen LogP contribution in [0.1, 0.15) is 53.8 Å². The smallest absolute Gasteiger partial charge is 0.366 e. The standard InChI is InChI=1S/C25H27F6N5/c1-13-33-20-9-17(22(35-23(20)36(13)2)34-21(15-3-4-15)16-5-6-16)12-32-11-14-7-18(24(26,27)28)10-19(8-14)25(29,30)31/h7-10,15-16,21,32H,3-6,11-12H2,1-2H3,(H,34,35). The lowest BCUT2D eigenvalue weighted by atomic mass is 10.0. The van der Waals surface area contributed by atoms with Gasteiger partial charge in [-0.25, -0.2) is 9.97 Å². The summed E-state index contributed by atoms with van der Waals surface area (Å²) in [6, 6.07) is 3.85. The number of fused-ring (bicyclic) bond motifs is 1. The fourth-order valence-corrected chi connectivity index (χ4v) is 4.68. The average molecular weight is 512 g/mol. The van der Waals surface area contributed by atoms with Crippen LogP contribution < -0.4 is 10.6 Å². The first-order chi connectivity index (χ1) is 16.9. The maximum absolute atomic E-state index is 13.2. The van der Waals surface area contributed by atoms with E-state index in [1.165, 1.54) is 25.7 Å². The van der Waals surface area contributed by atoms with Crippen molar-refractivity contribution in [3.05, 3.63) is 52.3 Å². The Morgan fingerprint density at radius 2 is 1.47 bits per heavy atom. The molecule has 2 N–H and O–H groups in total. The third-order valence-corrected chi connectivity index (χ3v) is 7.00. The number of nitrogens with zero attached hydrogens (tertiary/aromatic N) is 3. The second kappa shape index (κ2) is 8.93. The highest BCUT2D eigenvalue weighted by Gasteiger charge is 2.42. The molecule has 0 spiro atoms. The maximum Gasteiger partial charge on any atom is 0.416 e. The molecule has 36 heavy (non-hydrogen) atoms. The van der Waals surface area contributed by atoms with Crippen LogP contribution in [-0.4, -0.2) is 20.6 Å². The summed E-state index contributed by atoms with van der Waals surface area (Å²) in [6.45, 7) is 1.91. The molecule has 2 fully saturated rings. The van der Waals surface area contributed by atoms with E-state index in [-0.39, 0.29) is 24.7 Å². The summed E-state index contributed by atoms with van der Waals surface area (Å²) in [6.07, 6.45) is -5.06. The van der Waals surface area contributed by atoms with Crippen molar-refractivity contribution >= 4 is 17.0 Å². The highest BCUT2D eigenvalue weighted by Crippen LogP contribution is 2.46. The largest absolute Gasteiger partial charge is 0.416 e. The summed E-state index contributed by atoms with van der Waals surface area (Å²) in [5, 5.41) is 6.63. The van der Waals surface area contributed by atoms with E-state index in [2.05, 4.69) is 15.6 Å². The van der Waals surface area contributed by atoms with Crippen molar-refractivity contribution in [2.45, 2.75) is 64.1 Å². The zero-order valence-corrected chi connectivity index (χ0v) is 19.9. The van der Waals surface area contributed by atoms with E-state index in [9.17, 15) is 26.3 Å². The van der Waals surface area contributed by atoms with E-state index in [4.69, 9.17) is 4.98 Å². The molecular weight excluding hydrogens is 484 g/mol. The molecule has 2 aliphatic carbocycles. The first-order valence-electron chi connectivity index (χ1n) is 12.0. The molecule has 0 bridgehead atoms. The van der Waals surface area contributed by atoms with Crippen LogP contribution in [0, 0.1) is 18.8 Å². The Morgan fingerprint density at radius 3 is 2.00 bits per heavy atom. The fourth-order valence-electron chi connectivity index (χ4n) is 4.68. The number of aryl methyl sites for hydroxylation is 2. The summed E-state index contributed by atoms with van der Waals surface area (Å²) in [7, 11) is 1.88. The van der Waals surface area contributed by atoms with Crippen LogP contribution in [-0.2, 0) is 32.5 Å². The minimum atomic E-state index is -4.88. The van der Waals surface area contributed by atoms with Gasteiger partial charge in [-0.3, -0.25) is 0 Å². The second-order valence-corrected chi connectivity index (χ2v) is 9.92. The van der Waals surface area contributed by atoms with Crippen LogP contribution in [0.15, 0.2) is 24.3 Å². The van der Waals surface area contributed by atoms with E-state index in [0.717, 1.165) is 29.2 Å². The van der Waals surface area contributed by atoms with Gasteiger partial charge in [-0.1, -0.05) is 0 Å². The van der Waals surface area contributed by atoms with E-state index in [1.807, 2.05) is 24.6 Å². The normalized spacial score (nSPS) is 16.8. The molecule has 5 nitrogen and oxygen atoms in total. The predicted octanol–water partition coefficient (Wildman–Crippen LogP) is 6.20. The molecule has 3 aromatic rings. The van der Waals surface area contributed by atoms with E-state index < -0.39 is 23.5 Å². The highest BCUT2D eigenvalue weighted by atomic mass is 19.4. The van der Waals surface area contributed by atoms with Crippen molar-refractivity contribution < 1.29 is 26.3 Å². The number of rotatable bonds is 8. The molecule has 2 aromatic heterocycles. The van der Waals surface area contributed by atoms with Gasteiger partial charge in [-0.05, 0) is 74.3 Å². The van der Waals surface area contributed by atoms with Crippen molar-refractivity contribution in [3.63, 3.8) is 0 Å². The number of halogens is 6. The lowest BCUT2D eigenvalue weighted by Crippen LogP contribution is -2.26. The molecule has 2 heterocycles. The van der Waals surface area contributed by atoms with E-state index in [1.54, 1.807) is 0 Å². The zero-order valence-electron chi connectivity index (χ0n) is 19.9. The molecule has 0 atom stereocenters. The zero-order chi connectivity index (χ0) is 25.8. The fraction of sp³-hybridized carbons (Fsp3) is 0.520. The molecule has 0 amide bonds. The summed E-state index contributed by atoms with van der Waals surface area (Å²) in [5.41, 5.74) is -0.555. The molecule has 2 aliphatic rings. The van der Waals surface area contributed by atoms with Crippen LogP contribution in [0.5, 0.6) is 0 Å². The Bertz CT molecular complexity index is 1230. The SMILES string of the molecule is Cc1nc2cc(CNCc3cc(C(F)(F)F)cc(C(F)(F)F)c3)c(NC(C3CC3)C3CC3)nc2n1C. The van der Waals surface area contributed by atoms with Crippen LogP contribution in [0.4, 0.5) is 32.2 Å². The van der Waals surface area contributed by atoms with Crippen LogP contribution in [0.3, 0.4) is 0 Å². The molecule has 5 rings (SSSR count). The van der Waals surface area contributed by atoms with Gasteiger partial charge in [-0.15, -0.1) is 0 Å². The highest BCUT2D eigenvalue weighted by molar-refractivity contribution is 5.76. The van der Waals surface area contributed by atoms with E-state index >= 15 is 0 Å². The van der Waals surface area contributed by atoms with Gasteiger partial charge in [0.2, 0.25) is 0 Å². The minimum Gasteiger partial charge on any atom is -0.366 e. The van der Waals surface area contributed by atoms with Gasteiger partial charge < -0.3 is 15.2 Å². The van der Waals surface area contributed by atoms with Crippen LogP contribution in [0.2, 0.25) is 0 Å². The summed E-state index contributed by atoms with van der Waals surface area (Å²) >= 11 is 0. The van der Waals surface area contributed by atoms with E-state index in [0.29, 0.717) is 29.2 Å². The van der Waals surface area contributed by atoms with Gasteiger partial charge in [0.25, 0.3) is 0 Å². The molecule has 1 aromatic carbocycles. The van der Waals surface area contributed by atoms with Gasteiger partial charge >= 0.3 is 12.4 Å². The molecule has 194 valence electrons. The predicted molar refractivity (Wildman–Crippen MR) is 123 cm³/mol. The van der Waals surface area contributed by atoms with Crippen molar-refractivity contribution in [1.29, 1.82) is 0 Å². The molecule has 0 aliphatic heterocycles. The number of benzene rings is 1. The Hall–Kier alpha value is -2.82. The number of hydrogen-bond donors (Lipinski definition) is 2. The number of pyridine rings is 1. The summed E-state index contributed by atoms with van der Waals surface area (Å²) in [4.78, 5) is 9.35. The van der Waals surface area contributed by atoms with Crippen LogP contribution in [0.25, 0.3) is 11.2 Å². The first-order valence-corrected chi connectivity index (χ1v) is 12.0. The molecule has 11 heteroatoms. The van der Waals surface area contributed by atoms with Crippen molar-refractivity contribution in [1.82, 2.24) is 19.9 Å². The van der Waals surface area contributed by atoms with Gasteiger partial charge in [0.1, 0.15) is 17.2 Å². The first kappa shape index (κ1) is 24.9. The average Bonchev–Trinajstić information content (AvgIpc) is 3.71. The summed E-state index contributed by atoms with van der Waals surface area (Å²) < 4.78 is 81.1.